The third kappa shape index (κ3) is 3.29. The standard InChI is InChI=1S/C12H17N5/c1-3-17-10-12(8-15-17)6-13-5-4-11-7-14-16(2)9-11/h3,7-10,13H,1,4-6H2,2H3. The van der Waals surface area contributed by atoms with Gasteiger partial charge in [-0.15, -0.1) is 0 Å². The number of hydrogen-bond acceptors (Lipinski definition) is 3. The highest BCUT2D eigenvalue weighted by atomic mass is 15.2. The first-order valence-corrected chi connectivity index (χ1v) is 5.62. The van der Waals surface area contributed by atoms with Gasteiger partial charge in [0.1, 0.15) is 0 Å². The molecule has 0 amide bonds. The smallest absolute Gasteiger partial charge is 0.0538 e. The van der Waals surface area contributed by atoms with Crippen molar-refractivity contribution in [3.05, 3.63) is 42.5 Å². The maximum absolute atomic E-state index is 4.13. The lowest BCUT2D eigenvalue weighted by molar-refractivity contribution is 0.686. The van der Waals surface area contributed by atoms with Gasteiger partial charge in [-0.3, -0.25) is 4.68 Å². The molecule has 2 heterocycles. The molecule has 0 radical (unpaired) electrons. The van der Waals surface area contributed by atoms with E-state index in [9.17, 15) is 0 Å². The molecule has 0 aliphatic carbocycles. The van der Waals surface area contributed by atoms with Gasteiger partial charge >= 0.3 is 0 Å². The molecule has 0 aromatic carbocycles. The monoisotopic (exact) mass is 231 g/mol. The van der Waals surface area contributed by atoms with E-state index in [-0.39, 0.29) is 0 Å². The molecule has 0 unspecified atom stereocenters. The van der Waals surface area contributed by atoms with Crippen LogP contribution in [0.25, 0.3) is 6.20 Å². The topological polar surface area (TPSA) is 47.7 Å². The summed E-state index contributed by atoms with van der Waals surface area (Å²) in [5, 5.41) is 11.6. The van der Waals surface area contributed by atoms with Gasteiger partial charge in [-0.25, -0.2) is 4.68 Å². The third-order valence-electron chi connectivity index (χ3n) is 2.52. The van der Waals surface area contributed by atoms with E-state index >= 15 is 0 Å². The second-order valence-corrected chi connectivity index (χ2v) is 3.96. The second-order valence-electron chi connectivity index (χ2n) is 3.96. The fraction of sp³-hybridized carbons (Fsp3) is 0.333. The Balaban J connectivity index is 1.71. The van der Waals surface area contributed by atoms with Crippen molar-refractivity contribution in [1.29, 1.82) is 0 Å². The van der Waals surface area contributed by atoms with Crippen LogP contribution >= 0.6 is 0 Å². The summed E-state index contributed by atoms with van der Waals surface area (Å²) in [5.74, 6) is 0. The van der Waals surface area contributed by atoms with Gasteiger partial charge < -0.3 is 5.32 Å². The van der Waals surface area contributed by atoms with Crippen LogP contribution in [0.15, 0.2) is 31.4 Å². The van der Waals surface area contributed by atoms with Crippen molar-refractivity contribution in [3.63, 3.8) is 0 Å². The zero-order chi connectivity index (χ0) is 12.1. The van der Waals surface area contributed by atoms with Gasteiger partial charge in [-0.2, -0.15) is 10.2 Å². The largest absolute Gasteiger partial charge is 0.312 e. The van der Waals surface area contributed by atoms with Gasteiger partial charge in [0.25, 0.3) is 0 Å². The Morgan fingerprint density at radius 3 is 2.76 bits per heavy atom. The molecule has 1 N–H and O–H groups in total. The molecule has 2 rings (SSSR count). The highest BCUT2D eigenvalue weighted by Gasteiger charge is 1.98. The van der Waals surface area contributed by atoms with Crippen LogP contribution in [0.3, 0.4) is 0 Å². The average Bonchev–Trinajstić information content (AvgIpc) is 2.93. The number of aryl methyl sites for hydroxylation is 1. The Morgan fingerprint density at radius 2 is 2.12 bits per heavy atom. The Labute approximate surface area is 101 Å². The van der Waals surface area contributed by atoms with Gasteiger partial charge in [0, 0.05) is 37.7 Å². The Hall–Kier alpha value is -1.88. The Morgan fingerprint density at radius 1 is 1.29 bits per heavy atom. The molecule has 5 nitrogen and oxygen atoms in total. The summed E-state index contributed by atoms with van der Waals surface area (Å²) >= 11 is 0. The molecule has 2 aromatic rings. The first-order valence-electron chi connectivity index (χ1n) is 5.62. The van der Waals surface area contributed by atoms with E-state index in [1.165, 1.54) is 5.56 Å². The molecule has 0 bridgehead atoms. The lowest BCUT2D eigenvalue weighted by atomic mass is 10.2. The lowest BCUT2D eigenvalue weighted by Gasteiger charge is -2.00. The molecule has 0 saturated heterocycles. The molecular weight excluding hydrogens is 214 g/mol. The molecule has 90 valence electrons. The molecule has 17 heavy (non-hydrogen) atoms. The molecule has 0 spiro atoms. The van der Waals surface area contributed by atoms with Crippen LogP contribution in [0.1, 0.15) is 11.1 Å². The first-order chi connectivity index (χ1) is 8.28. The minimum atomic E-state index is 0.827. The Kier molecular flexibility index (Phi) is 3.72. The number of nitrogens with zero attached hydrogens (tertiary/aromatic N) is 4. The van der Waals surface area contributed by atoms with Crippen molar-refractivity contribution in [3.8, 4) is 0 Å². The van der Waals surface area contributed by atoms with E-state index in [2.05, 4.69) is 22.1 Å². The minimum absolute atomic E-state index is 0.827. The van der Waals surface area contributed by atoms with Crippen LogP contribution < -0.4 is 5.32 Å². The first kappa shape index (κ1) is 11.6. The van der Waals surface area contributed by atoms with Crippen LogP contribution in [-0.2, 0) is 20.0 Å². The van der Waals surface area contributed by atoms with Crippen molar-refractivity contribution in [2.75, 3.05) is 6.54 Å². The maximum Gasteiger partial charge on any atom is 0.0538 e. The van der Waals surface area contributed by atoms with Gasteiger partial charge in [0.15, 0.2) is 0 Å². The third-order valence-corrected chi connectivity index (χ3v) is 2.52. The number of rotatable bonds is 6. The van der Waals surface area contributed by atoms with E-state index in [1.54, 1.807) is 10.9 Å². The summed E-state index contributed by atoms with van der Waals surface area (Å²) in [6.07, 6.45) is 10.4. The summed E-state index contributed by atoms with van der Waals surface area (Å²) < 4.78 is 3.53. The fourth-order valence-corrected chi connectivity index (χ4v) is 1.63. The number of aromatic nitrogens is 4. The molecule has 0 aliphatic rings. The van der Waals surface area contributed by atoms with Crippen LogP contribution in [0.2, 0.25) is 0 Å². The summed E-state index contributed by atoms with van der Waals surface area (Å²) in [7, 11) is 1.93. The number of hydrogen-bond donors (Lipinski definition) is 1. The van der Waals surface area contributed by atoms with Gasteiger partial charge in [-0.1, -0.05) is 6.58 Å². The summed E-state index contributed by atoms with van der Waals surface area (Å²) in [6.45, 7) is 5.42. The fourth-order valence-electron chi connectivity index (χ4n) is 1.63. The quantitative estimate of drug-likeness (QED) is 0.756. The van der Waals surface area contributed by atoms with Gasteiger partial charge in [0.05, 0.1) is 12.4 Å². The van der Waals surface area contributed by atoms with Crippen molar-refractivity contribution >= 4 is 6.20 Å². The molecular formula is C12H17N5. The molecule has 2 aromatic heterocycles. The highest BCUT2D eigenvalue weighted by molar-refractivity contribution is 5.17. The normalized spacial score (nSPS) is 10.6. The van der Waals surface area contributed by atoms with Crippen LogP contribution in [0.5, 0.6) is 0 Å². The zero-order valence-electron chi connectivity index (χ0n) is 10.0. The predicted octanol–water partition coefficient (Wildman–Crippen LogP) is 1.05. The van der Waals surface area contributed by atoms with E-state index in [4.69, 9.17) is 0 Å². The summed E-state index contributed by atoms with van der Waals surface area (Å²) in [4.78, 5) is 0. The highest BCUT2D eigenvalue weighted by Crippen LogP contribution is 1.99. The van der Waals surface area contributed by atoms with Crippen molar-refractivity contribution in [2.24, 2.45) is 7.05 Å². The number of nitrogens with one attached hydrogen (secondary N) is 1. The lowest BCUT2D eigenvalue weighted by Crippen LogP contribution is -2.16. The van der Waals surface area contributed by atoms with Crippen LogP contribution in [0.4, 0.5) is 0 Å². The average molecular weight is 231 g/mol. The van der Waals surface area contributed by atoms with Crippen molar-refractivity contribution in [2.45, 2.75) is 13.0 Å². The maximum atomic E-state index is 4.13. The SMILES string of the molecule is C=Cn1cc(CNCCc2cnn(C)c2)cn1. The summed E-state index contributed by atoms with van der Waals surface area (Å²) in [5.41, 5.74) is 2.41. The van der Waals surface area contributed by atoms with Crippen LogP contribution in [-0.4, -0.2) is 26.1 Å². The molecule has 0 atom stereocenters. The predicted molar refractivity (Wildman–Crippen MR) is 67.2 cm³/mol. The molecule has 0 saturated carbocycles. The zero-order valence-corrected chi connectivity index (χ0v) is 10.0. The van der Waals surface area contributed by atoms with Crippen LogP contribution in [0, 0.1) is 0 Å². The van der Waals surface area contributed by atoms with Crippen molar-refractivity contribution < 1.29 is 0 Å². The molecule has 0 aliphatic heterocycles. The van der Waals surface area contributed by atoms with Crippen molar-refractivity contribution in [1.82, 2.24) is 24.9 Å². The van der Waals surface area contributed by atoms with Gasteiger partial charge in [-0.05, 0) is 18.5 Å². The Bertz CT molecular complexity index is 483. The molecule has 0 fully saturated rings. The minimum Gasteiger partial charge on any atom is -0.312 e. The molecule has 5 heteroatoms. The van der Waals surface area contributed by atoms with E-state index in [1.807, 2.05) is 36.5 Å². The van der Waals surface area contributed by atoms with E-state index in [0.717, 1.165) is 25.1 Å². The van der Waals surface area contributed by atoms with E-state index in [0.29, 0.717) is 0 Å². The second kappa shape index (κ2) is 5.45. The van der Waals surface area contributed by atoms with Gasteiger partial charge in [0.2, 0.25) is 0 Å². The van der Waals surface area contributed by atoms with E-state index < -0.39 is 0 Å². The summed E-state index contributed by atoms with van der Waals surface area (Å²) in [6, 6.07) is 0.